The van der Waals surface area contributed by atoms with Crippen LogP contribution in [0.25, 0.3) is 10.9 Å². The number of carbonyl (C=O) groups is 3. The largest absolute Gasteiger partial charge is 0.464 e. The second kappa shape index (κ2) is 10.9. The Kier molecular flexibility index (Phi) is 8.03. The van der Waals surface area contributed by atoms with Crippen LogP contribution in [0.5, 0.6) is 0 Å². The number of hydrogen-bond acceptors (Lipinski definition) is 6. The Labute approximate surface area is 196 Å². The molecular formula is C23H26N4O6S. The van der Waals surface area contributed by atoms with Gasteiger partial charge in [0.15, 0.2) is 0 Å². The number of hydrogen-bond donors (Lipinski definition) is 4. The molecule has 2 amide bonds. The van der Waals surface area contributed by atoms with Crippen molar-refractivity contribution in [3.8, 4) is 0 Å². The minimum absolute atomic E-state index is 0.0786. The van der Waals surface area contributed by atoms with E-state index >= 15 is 0 Å². The molecule has 0 fully saturated rings. The molecule has 0 radical (unpaired) electrons. The van der Waals surface area contributed by atoms with Gasteiger partial charge in [-0.15, -0.1) is 0 Å². The number of rotatable bonds is 10. The number of carbonyl (C=O) groups excluding carboxylic acids is 3. The number of ether oxygens (including phenoxy) is 1. The fourth-order valence-corrected chi connectivity index (χ4v) is 3.92. The van der Waals surface area contributed by atoms with E-state index in [9.17, 15) is 22.8 Å². The van der Waals surface area contributed by atoms with Gasteiger partial charge in [0, 0.05) is 42.0 Å². The molecular weight excluding hydrogens is 460 g/mol. The van der Waals surface area contributed by atoms with Crippen molar-refractivity contribution in [2.24, 2.45) is 5.14 Å². The number of anilines is 1. The van der Waals surface area contributed by atoms with Crippen molar-refractivity contribution >= 4 is 44.4 Å². The molecule has 2 aromatic carbocycles. The Morgan fingerprint density at radius 3 is 2.38 bits per heavy atom. The summed E-state index contributed by atoms with van der Waals surface area (Å²) in [4.78, 5) is 40.2. The van der Waals surface area contributed by atoms with Crippen LogP contribution in [-0.2, 0) is 35.6 Å². The lowest BCUT2D eigenvalue weighted by atomic mass is 10.0. The van der Waals surface area contributed by atoms with Gasteiger partial charge in [-0.3, -0.25) is 9.59 Å². The maximum atomic E-state index is 12.5. The number of esters is 1. The van der Waals surface area contributed by atoms with Gasteiger partial charge in [0.1, 0.15) is 6.04 Å². The molecule has 1 aromatic heterocycles. The zero-order valence-electron chi connectivity index (χ0n) is 18.5. The van der Waals surface area contributed by atoms with E-state index in [2.05, 4.69) is 15.6 Å². The lowest BCUT2D eigenvalue weighted by molar-refractivity contribution is -0.147. The number of amides is 2. The molecule has 0 aliphatic carbocycles. The van der Waals surface area contributed by atoms with E-state index < -0.39 is 33.8 Å². The van der Waals surface area contributed by atoms with Crippen LogP contribution < -0.4 is 15.8 Å². The Morgan fingerprint density at radius 2 is 1.71 bits per heavy atom. The second-order valence-corrected chi connectivity index (χ2v) is 9.11. The molecule has 0 aliphatic rings. The summed E-state index contributed by atoms with van der Waals surface area (Å²) >= 11 is 0. The number of nitrogens with two attached hydrogens (primary N) is 1. The monoisotopic (exact) mass is 486 g/mol. The predicted molar refractivity (Wildman–Crippen MR) is 126 cm³/mol. The summed E-state index contributed by atoms with van der Waals surface area (Å²) in [5.41, 5.74) is 2.14. The van der Waals surface area contributed by atoms with Gasteiger partial charge >= 0.3 is 5.97 Å². The topological polar surface area (TPSA) is 160 Å². The van der Waals surface area contributed by atoms with E-state index in [0.29, 0.717) is 5.69 Å². The predicted octanol–water partition coefficient (Wildman–Crippen LogP) is 1.82. The van der Waals surface area contributed by atoms with Crippen LogP contribution >= 0.6 is 0 Å². The molecule has 0 aliphatic heterocycles. The van der Waals surface area contributed by atoms with Crippen molar-refractivity contribution in [3.05, 3.63) is 60.3 Å². The summed E-state index contributed by atoms with van der Waals surface area (Å²) < 4.78 is 27.7. The van der Waals surface area contributed by atoms with Gasteiger partial charge in [-0.1, -0.05) is 18.2 Å². The lowest BCUT2D eigenvalue weighted by Gasteiger charge is -2.17. The van der Waals surface area contributed by atoms with Crippen molar-refractivity contribution in [3.63, 3.8) is 0 Å². The molecule has 10 nitrogen and oxygen atoms in total. The SMILES string of the molecule is CCOC(=O)[C@H](Cc1c[nH]c2ccccc12)NC(=O)CCC(=O)Nc1ccc(S(N)(=O)=O)cc1. The van der Waals surface area contributed by atoms with Crippen LogP contribution in [0.2, 0.25) is 0 Å². The van der Waals surface area contributed by atoms with Crippen molar-refractivity contribution in [2.75, 3.05) is 11.9 Å². The third kappa shape index (κ3) is 6.65. The number of nitrogens with one attached hydrogen (secondary N) is 3. The molecule has 1 atom stereocenters. The summed E-state index contributed by atoms with van der Waals surface area (Å²) in [6.07, 6.45) is 1.74. The highest BCUT2D eigenvalue weighted by Gasteiger charge is 2.24. The first kappa shape index (κ1) is 24.9. The molecule has 0 unspecified atom stereocenters. The zero-order chi connectivity index (χ0) is 24.7. The van der Waals surface area contributed by atoms with Gasteiger partial charge in [0.25, 0.3) is 0 Å². The van der Waals surface area contributed by atoms with Gasteiger partial charge in [0.05, 0.1) is 11.5 Å². The number of fused-ring (bicyclic) bond motifs is 1. The average Bonchev–Trinajstić information content (AvgIpc) is 3.20. The zero-order valence-corrected chi connectivity index (χ0v) is 19.4. The van der Waals surface area contributed by atoms with E-state index in [4.69, 9.17) is 9.88 Å². The van der Waals surface area contributed by atoms with Crippen LogP contribution in [0.4, 0.5) is 5.69 Å². The van der Waals surface area contributed by atoms with Gasteiger partial charge in [-0.05, 0) is 42.8 Å². The van der Waals surface area contributed by atoms with Crippen LogP contribution in [-0.4, -0.2) is 43.8 Å². The highest BCUT2D eigenvalue weighted by Crippen LogP contribution is 2.19. The Bertz CT molecular complexity index is 1280. The van der Waals surface area contributed by atoms with E-state index in [-0.39, 0.29) is 30.8 Å². The van der Waals surface area contributed by atoms with Crippen LogP contribution in [0.15, 0.2) is 59.6 Å². The number of aromatic amines is 1. The standard InChI is InChI=1S/C23H26N4O6S/c1-2-33-23(30)20(13-15-14-25-19-6-4-3-5-18(15)19)27-22(29)12-11-21(28)26-16-7-9-17(10-8-16)34(24,31)32/h3-10,14,20,25H,2,11-13H2,1H3,(H,26,28)(H,27,29)(H2,24,31,32)/t20-/m0/s1. The summed E-state index contributed by atoms with van der Waals surface area (Å²) in [5.74, 6) is -1.47. The second-order valence-electron chi connectivity index (χ2n) is 7.55. The van der Waals surface area contributed by atoms with Crippen LogP contribution in [0, 0.1) is 0 Å². The average molecular weight is 487 g/mol. The van der Waals surface area contributed by atoms with Crippen LogP contribution in [0.1, 0.15) is 25.3 Å². The fourth-order valence-electron chi connectivity index (χ4n) is 3.40. The number of benzene rings is 2. The first-order valence-electron chi connectivity index (χ1n) is 10.6. The minimum Gasteiger partial charge on any atom is -0.464 e. The number of aromatic nitrogens is 1. The Morgan fingerprint density at radius 1 is 1.03 bits per heavy atom. The number of para-hydroxylation sites is 1. The summed E-state index contributed by atoms with van der Waals surface area (Å²) in [7, 11) is -3.83. The van der Waals surface area contributed by atoms with Crippen molar-refractivity contribution in [2.45, 2.75) is 37.1 Å². The smallest absolute Gasteiger partial charge is 0.328 e. The fraction of sp³-hybridized carbons (Fsp3) is 0.261. The normalized spacial score (nSPS) is 12.2. The summed E-state index contributed by atoms with van der Waals surface area (Å²) in [6, 6.07) is 12.1. The first-order chi connectivity index (χ1) is 16.2. The van der Waals surface area contributed by atoms with Gasteiger partial charge in [-0.2, -0.15) is 0 Å². The number of H-pyrrole nitrogens is 1. The lowest BCUT2D eigenvalue weighted by Crippen LogP contribution is -2.43. The molecule has 5 N–H and O–H groups in total. The van der Waals surface area contributed by atoms with Gasteiger partial charge < -0.3 is 20.4 Å². The van der Waals surface area contributed by atoms with Gasteiger partial charge in [0.2, 0.25) is 21.8 Å². The molecule has 180 valence electrons. The maximum absolute atomic E-state index is 12.5. The quantitative estimate of drug-likeness (QED) is 0.320. The van der Waals surface area contributed by atoms with Crippen molar-refractivity contribution in [1.29, 1.82) is 0 Å². The van der Waals surface area contributed by atoms with E-state index in [0.717, 1.165) is 16.5 Å². The summed E-state index contributed by atoms with van der Waals surface area (Å²) in [6.45, 7) is 1.86. The van der Waals surface area contributed by atoms with E-state index in [1.807, 2.05) is 24.3 Å². The minimum atomic E-state index is -3.83. The molecule has 0 saturated carbocycles. The Balaban J connectivity index is 1.57. The molecule has 1 heterocycles. The van der Waals surface area contributed by atoms with E-state index in [1.165, 1.54) is 24.3 Å². The molecule has 11 heteroatoms. The third-order valence-corrected chi connectivity index (χ3v) is 5.98. The Hall–Kier alpha value is -3.70. The molecule has 3 aromatic rings. The first-order valence-corrected chi connectivity index (χ1v) is 12.2. The molecule has 0 bridgehead atoms. The number of sulfonamides is 1. The highest BCUT2D eigenvalue weighted by molar-refractivity contribution is 7.89. The number of primary sulfonamides is 1. The molecule has 0 spiro atoms. The highest BCUT2D eigenvalue weighted by atomic mass is 32.2. The summed E-state index contributed by atoms with van der Waals surface area (Å²) in [5, 5.41) is 11.2. The maximum Gasteiger partial charge on any atom is 0.328 e. The van der Waals surface area contributed by atoms with Crippen molar-refractivity contribution in [1.82, 2.24) is 10.3 Å². The van der Waals surface area contributed by atoms with Crippen molar-refractivity contribution < 1.29 is 27.5 Å². The van der Waals surface area contributed by atoms with Crippen LogP contribution in [0.3, 0.4) is 0 Å². The molecule has 34 heavy (non-hydrogen) atoms. The molecule has 0 saturated heterocycles. The third-order valence-electron chi connectivity index (χ3n) is 5.05. The molecule has 3 rings (SSSR count). The van der Waals surface area contributed by atoms with Gasteiger partial charge in [-0.25, -0.2) is 18.4 Å². The van der Waals surface area contributed by atoms with E-state index in [1.54, 1.807) is 13.1 Å².